The van der Waals surface area contributed by atoms with Crippen LogP contribution in [0.2, 0.25) is 0 Å². The SMILES string of the molecule is O=C(Oc1cc(OC(=O)c2ccccc2)c([N+](=O)[O-])cc1[N+](=O)[O-])c1ccccc1. The fourth-order valence-electron chi connectivity index (χ4n) is 2.45. The van der Waals surface area contributed by atoms with Crippen molar-refractivity contribution in [3.8, 4) is 11.5 Å². The van der Waals surface area contributed by atoms with E-state index in [2.05, 4.69) is 0 Å². The van der Waals surface area contributed by atoms with Crippen molar-refractivity contribution in [3.05, 3.63) is 104 Å². The van der Waals surface area contributed by atoms with Gasteiger partial charge in [-0.05, 0) is 24.3 Å². The number of carbonyl (C=O) groups excluding carboxylic acids is 2. The molecular formula is C20H12N2O8. The molecule has 0 saturated heterocycles. The summed E-state index contributed by atoms with van der Waals surface area (Å²) in [7, 11) is 0. The maximum absolute atomic E-state index is 12.3. The number of nitrogens with zero attached hydrogens (tertiary/aromatic N) is 2. The number of ether oxygens (including phenoxy) is 2. The lowest BCUT2D eigenvalue weighted by atomic mass is 10.2. The molecule has 150 valence electrons. The first-order valence-corrected chi connectivity index (χ1v) is 8.38. The topological polar surface area (TPSA) is 139 Å². The minimum absolute atomic E-state index is 0.105. The molecule has 0 unspecified atom stereocenters. The molecule has 0 atom stereocenters. The average Bonchev–Trinajstić information content (AvgIpc) is 2.74. The summed E-state index contributed by atoms with van der Waals surface area (Å²) >= 11 is 0. The number of carbonyl (C=O) groups is 2. The second-order valence-corrected chi connectivity index (χ2v) is 5.81. The zero-order chi connectivity index (χ0) is 21.7. The summed E-state index contributed by atoms with van der Waals surface area (Å²) < 4.78 is 10.1. The molecule has 10 heteroatoms. The Kier molecular flexibility index (Phi) is 5.78. The number of hydrogen-bond donors (Lipinski definition) is 0. The maximum atomic E-state index is 12.3. The first kappa shape index (κ1) is 20.1. The first-order chi connectivity index (χ1) is 14.4. The second kappa shape index (κ2) is 8.61. The maximum Gasteiger partial charge on any atom is 0.343 e. The van der Waals surface area contributed by atoms with E-state index in [1.165, 1.54) is 24.3 Å². The molecule has 0 aliphatic rings. The van der Waals surface area contributed by atoms with Crippen LogP contribution < -0.4 is 9.47 Å². The smallest absolute Gasteiger partial charge is 0.343 e. The predicted molar refractivity (Wildman–Crippen MR) is 103 cm³/mol. The summed E-state index contributed by atoms with van der Waals surface area (Å²) in [6, 6.07) is 16.6. The van der Waals surface area contributed by atoms with Gasteiger partial charge in [0.15, 0.2) is 0 Å². The van der Waals surface area contributed by atoms with Crippen molar-refractivity contribution in [2.45, 2.75) is 0 Å². The van der Waals surface area contributed by atoms with E-state index in [-0.39, 0.29) is 11.1 Å². The lowest BCUT2D eigenvalue weighted by Crippen LogP contribution is -2.12. The van der Waals surface area contributed by atoms with Gasteiger partial charge in [-0.3, -0.25) is 20.2 Å². The van der Waals surface area contributed by atoms with Crippen molar-refractivity contribution >= 4 is 23.3 Å². The molecule has 0 aliphatic heterocycles. The largest absolute Gasteiger partial charge is 0.415 e. The highest BCUT2D eigenvalue weighted by atomic mass is 16.6. The van der Waals surface area contributed by atoms with Crippen LogP contribution in [0.5, 0.6) is 11.5 Å². The standard InChI is InChI=1S/C20H12N2O8/c23-19(13-7-3-1-4-8-13)29-17-12-18(16(22(27)28)11-15(17)21(25)26)30-20(24)14-9-5-2-6-10-14/h1-12H. The first-order valence-electron chi connectivity index (χ1n) is 8.38. The summed E-state index contributed by atoms with van der Waals surface area (Å²) in [4.78, 5) is 45.4. The van der Waals surface area contributed by atoms with Gasteiger partial charge in [-0.15, -0.1) is 0 Å². The van der Waals surface area contributed by atoms with Crippen LogP contribution in [0.4, 0.5) is 11.4 Å². The Morgan fingerprint density at radius 2 is 1.00 bits per heavy atom. The summed E-state index contributed by atoms with van der Waals surface area (Å²) in [5.41, 5.74) is -1.45. The van der Waals surface area contributed by atoms with Gasteiger partial charge < -0.3 is 9.47 Å². The zero-order valence-corrected chi connectivity index (χ0v) is 15.1. The van der Waals surface area contributed by atoms with Crippen LogP contribution in [0.1, 0.15) is 20.7 Å². The van der Waals surface area contributed by atoms with Crippen LogP contribution in [0, 0.1) is 20.2 Å². The van der Waals surface area contributed by atoms with Gasteiger partial charge in [0.2, 0.25) is 11.5 Å². The molecule has 0 radical (unpaired) electrons. The van der Waals surface area contributed by atoms with E-state index in [0.717, 1.165) is 6.07 Å². The van der Waals surface area contributed by atoms with Gasteiger partial charge in [-0.25, -0.2) is 9.59 Å². The monoisotopic (exact) mass is 408 g/mol. The van der Waals surface area contributed by atoms with E-state index in [1.54, 1.807) is 36.4 Å². The third-order valence-corrected chi connectivity index (χ3v) is 3.86. The van der Waals surface area contributed by atoms with Gasteiger partial charge in [0.05, 0.1) is 21.0 Å². The van der Waals surface area contributed by atoms with E-state index in [4.69, 9.17) is 9.47 Å². The van der Waals surface area contributed by atoms with E-state index in [1.807, 2.05) is 0 Å². The minimum Gasteiger partial charge on any atom is -0.415 e. The lowest BCUT2D eigenvalue weighted by Gasteiger charge is -2.09. The van der Waals surface area contributed by atoms with Crippen LogP contribution in [0.3, 0.4) is 0 Å². The Balaban J connectivity index is 2.02. The van der Waals surface area contributed by atoms with Crippen molar-refractivity contribution in [2.24, 2.45) is 0 Å². The molecule has 0 spiro atoms. The molecule has 0 fully saturated rings. The van der Waals surface area contributed by atoms with Crippen molar-refractivity contribution in [1.82, 2.24) is 0 Å². The number of rotatable bonds is 6. The highest BCUT2D eigenvalue weighted by Crippen LogP contribution is 2.39. The molecule has 3 rings (SSSR count). The summed E-state index contributed by atoms with van der Waals surface area (Å²) in [6.07, 6.45) is 0. The number of hydrogen-bond acceptors (Lipinski definition) is 8. The van der Waals surface area contributed by atoms with Crippen LogP contribution in [0.25, 0.3) is 0 Å². The molecular weight excluding hydrogens is 396 g/mol. The molecule has 0 bridgehead atoms. The normalized spacial score (nSPS) is 10.1. The van der Waals surface area contributed by atoms with Gasteiger partial charge in [0, 0.05) is 6.07 Å². The van der Waals surface area contributed by atoms with Gasteiger partial charge in [0.1, 0.15) is 6.07 Å². The minimum atomic E-state index is -0.941. The van der Waals surface area contributed by atoms with E-state index < -0.39 is 44.7 Å². The Morgan fingerprint density at radius 1 is 0.633 bits per heavy atom. The lowest BCUT2D eigenvalue weighted by molar-refractivity contribution is -0.395. The van der Waals surface area contributed by atoms with Crippen molar-refractivity contribution in [3.63, 3.8) is 0 Å². The Morgan fingerprint density at radius 3 is 1.33 bits per heavy atom. The summed E-state index contributed by atoms with van der Waals surface area (Å²) in [5, 5.41) is 22.7. The molecule has 0 aliphatic carbocycles. The third kappa shape index (κ3) is 4.44. The number of benzene rings is 3. The number of nitro benzene ring substituents is 2. The predicted octanol–water partition coefficient (Wildman–Crippen LogP) is 3.94. The van der Waals surface area contributed by atoms with E-state index in [0.29, 0.717) is 6.07 Å². The molecule has 30 heavy (non-hydrogen) atoms. The molecule has 0 aromatic heterocycles. The van der Waals surface area contributed by atoms with E-state index >= 15 is 0 Å². The highest BCUT2D eigenvalue weighted by Gasteiger charge is 2.29. The third-order valence-electron chi connectivity index (χ3n) is 3.86. The molecule has 10 nitrogen and oxygen atoms in total. The molecule has 0 heterocycles. The molecule has 0 saturated carbocycles. The van der Waals surface area contributed by atoms with Gasteiger partial charge in [0.25, 0.3) is 0 Å². The van der Waals surface area contributed by atoms with Crippen LogP contribution in [-0.2, 0) is 0 Å². The van der Waals surface area contributed by atoms with Gasteiger partial charge in [-0.2, -0.15) is 0 Å². The van der Waals surface area contributed by atoms with Crippen molar-refractivity contribution < 1.29 is 28.9 Å². The molecule has 0 amide bonds. The fourth-order valence-corrected chi connectivity index (χ4v) is 2.45. The van der Waals surface area contributed by atoms with Crippen LogP contribution in [0.15, 0.2) is 72.8 Å². The van der Waals surface area contributed by atoms with Crippen molar-refractivity contribution in [1.29, 1.82) is 0 Å². The van der Waals surface area contributed by atoms with Gasteiger partial charge in [-0.1, -0.05) is 36.4 Å². The van der Waals surface area contributed by atoms with Crippen LogP contribution >= 0.6 is 0 Å². The Hall–Kier alpha value is -4.60. The zero-order valence-electron chi connectivity index (χ0n) is 15.1. The number of esters is 2. The Bertz CT molecular complexity index is 1040. The Labute approximate surface area is 168 Å². The molecule has 3 aromatic rings. The van der Waals surface area contributed by atoms with Crippen LogP contribution in [-0.4, -0.2) is 21.8 Å². The highest BCUT2D eigenvalue weighted by molar-refractivity contribution is 5.93. The van der Waals surface area contributed by atoms with Crippen molar-refractivity contribution in [2.75, 3.05) is 0 Å². The average molecular weight is 408 g/mol. The number of nitro groups is 2. The fraction of sp³-hybridized carbons (Fsp3) is 0. The van der Waals surface area contributed by atoms with E-state index in [9.17, 15) is 29.8 Å². The van der Waals surface area contributed by atoms with Gasteiger partial charge >= 0.3 is 23.3 Å². The quantitative estimate of drug-likeness (QED) is 0.259. The summed E-state index contributed by atoms with van der Waals surface area (Å²) in [6.45, 7) is 0. The summed E-state index contributed by atoms with van der Waals surface area (Å²) in [5.74, 6) is -3.05. The molecule has 3 aromatic carbocycles. The molecule has 0 N–H and O–H groups in total. The second-order valence-electron chi connectivity index (χ2n) is 5.81.